The Morgan fingerprint density at radius 2 is 2.50 bits per heavy atom. The fourth-order valence-corrected chi connectivity index (χ4v) is 3.63. The highest BCUT2D eigenvalue weighted by molar-refractivity contribution is 7.10. The first kappa shape index (κ1) is 11.5. The number of nitrogens with zero attached hydrogens (tertiary/aromatic N) is 1. The number of amides is 1. The summed E-state index contributed by atoms with van der Waals surface area (Å²) in [5.41, 5.74) is 2.08. The Bertz CT molecular complexity index is 559. The van der Waals surface area contributed by atoms with Crippen LogP contribution < -0.4 is 5.32 Å². The largest absolute Gasteiger partial charge is 0.307 e. The molecule has 0 radical (unpaired) electrons. The third kappa shape index (κ3) is 2.06. The topological polar surface area (TPSA) is 57.8 Å². The van der Waals surface area contributed by atoms with Crippen molar-refractivity contribution in [3.63, 3.8) is 0 Å². The second-order valence-electron chi connectivity index (χ2n) is 4.82. The summed E-state index contributed by atoms with van der Waals surface area (Å²) in [6, 6.07) is 1.75. The lowest BCUT2D eigenvalue weighted by atomic mass is 9.88. The molecule has 1 aliphatic carbocycles. The van der Waals surface area contributed by atoms with Gasteiger partial charge in [0.15, 0.2) is 0 Å². The molecule has 18 heavy (non-hydrogen) atoms. The van der Waals surface area contributed by atoms with Crippen molar-refractivity contribution in [3.05, 3.63) is 33.6 Å². The Kier molecular flexibility index (Phi) is 2.91. The Balaban J connectivity index is 1.82. The van der Waals surface area contributed by atoms with Gasteiger partial charge in [0.25, 0.3) is 5.91 Å². The second kappa shape index (κ2) is 4.57. The van der Waals surface area contributed by atoms with Crippen molar-refractivity contribution in [3.8, 4) is 0 Å². The molecular weight excluding hydrogens is 246 g/mol. The van der Waals surface area contributed by atoms with E-state index in [1.807, 2.05) is 5.38 Å². The summed E-state index contributed by atoms with van der Waals surface area (Å²) in [7, 11) is 0. The standard InChI is InChI=1S/C13H15N3OS/c1-8-2-3-9-10(7-18-11(9)6-8)13(17)15-12-4-5-14-16-12/h4-5,7-8H,2-3,6H2,1H3,(H2,14,15,16,17). The van der Waals surface area contributed by atoms with Crippen LogP contribution in [0, 0.1) is 5.92 Å². The van der Waals surface area contributed by atoms with Crippen molar-refractivity contribution in [2.24, 2.45) is 5.92 Å². The van der Waals surface area contributed by atoms with Gasteiger partial charge in [-0.2, -0.15) is 5.10 Å². The van der Waals surface area contributed by atoms with Gasteiger partial charge in [-0.1, -0.05) is 6.92 Å². The SMILES string of the molecule is CC1CCc2c(C(=O)Nc3ccn[nH]3)csc2C1. The van der Waals surface area contributed by atoms with Gasteiger partial charge in [-0.15, -0.1) is 11.3 Å². The number of fused-ring (bicyclic) bond motifs is 1. The van der Waals surface area contributed by atoms with Crippen LogP contribution in [-0.2, 0) is 12.8 Å². The molecule has 94 valence electrons. The minimum absolute atomic E-state index is 0.0358. The van der Waals surface area contributed by atoms with E-state index >= 15 is 0 Å². The van der Waals surface area contributed by atoms with E-state index in [0.717, 1.165) is 24.3 Å². The average molecular weight is 261 g/mol. The molecule has 2 aromatic heterocycles. The molecule has 2 heterocycles. The number of hydrogen-bond acceptors (Lipinski definition) is 3. The number of aromatic nitrogens is 2. The third-order valence-electron chi connectivity index (χ3n) is 3.40. The minimum Gasteiger partial charge on any atom is -0.307 e. The molecule has 1 amide bonds. The summed E-state index contributed by atoms with van der Waals surface area (Å²) >= 11 is 1.71. The van der Waals surface area contributed by atoms with Gasteiger partial charge >= 0.3 is 0 Å². The smallest absolute Gasteiger partial charge is 0.257 e. The highest BCUT2D eigenvalue weighted by Crippen LogP contribution is 2.33. The number of rotatable bonds is 2. The highest BCUT2D eigenvalue weighted by Gasteiger charge is 2.23. The van der Waals surface area contributed by atoms with Crippen molar-refractivity contribution >= 4 is 23.1 Å². The van der Waals surface area contributed by atoms with Gasteiger partial charge in [-0.3, -0.25) is 9.89 Å². The maximum atomic E-state index is 12.2. The lowest BCUT2D eigenvalue weighted by Crippen LogP contribution is -2.16. The van der Waals surface area contributed by atoms with Gasteiger partial charge in [0, 0.05) is 16.3 Å². The van der Waals surface area contributed by atoms with E-state index in [2.05, 4.69) is 22.4 Å². The van der Waals surface area contributed by atoms with Crippen molar-refractivity contribution in [2.75, 3.05) is 5.32 Å². The molecule has 2 N–H and O–H groups in total. The van der Waals surface area contributed by atoms with Crippen LogP contribution in [0.5, 0.6) is 0 Å². The normalized spacial score (nSPS) is 18.4. The monoisotopic (exact) mass is 261 g/mol. The molecule has 5 heteroatoms. The molecule has 1 unspecified atom stereocenters. The van der Waals surface area contributed by atoms with Crippen LogP contribution in [0.1, 0.15) is 34.1 Å². The molecule has 1 atom stereocenters. The molecular formula is C13H15N3OS. The summed E-state index contributed by atoms with van der Waals surface area (Å²) in [5, 5.41) is 11.4. The lowest BCUT2D eigenvalue weighted by molar-refractivity contribution is 0.102. The van der Waals surface area contributed by atoms with Crippen molar-refractivity contribution < 1.29 is 4.79 Å². The first-order chi connectivity index (χ1) is 8.74. The summed E-state index contributed by atoms with van der Waals surface area (Å²) < 4.78 is 0. The molecule has 0 fully saturated rings. The molecule has 3 rings (SSSR count). The number of anilines is 1. The van der Waals surface area contributed by atoms with E-state index in [1.54, 1.807) is 23.6 Å². The van der Waals surface area contributed by atoms with Crippen molar-refractivity contribution in [1.29, 1.82) is 0 Å². The number of aromatic amines is 1. The predicted molar refractivity (Wildman–Crippen MR) is 72.0 cm³/mol. The Labute approximate surface area is 109 Å². The fraction of sp³-hybridized carbons (Fsp3) is 0.385. The van der Waals surface area contributed by atoms with Crippen molar-refractivity contribution in [1.82, 2.24) is 10.2 Å². The van der Waals surface area contributed by atoms with Crippen LogP contribution in [0.15, 0.2) is 17.6 Å². The zero-order chi connectivity index (χ0) is 12.5. The molecule has 2 aromatic rings. The third-order valence-corrected chi connectivity index (χ3v) is 4.45. The van der Waals surface area contributed by atoms with Crippen LogP contribution in [0.3, 0.4) is 0 Å². The molecule has 1 aliphatic rings. The van der Waals surface area contributed by atoms with Crippen LogP contribution in [-0.4, -0.2) is 16.1 Å². The van der Waals surface area contributed by atoms with E-state index in [0.29, 0.717) is 5.82 Å². The van der Waals surface area contributed by atoms with Gasteiger partial charge in [-0.25, -0.2) is 0 Å². The minimum atomic E-state index is -0.0358. The lowest BCUT2D eigenvalue weighted by Gasteiger charge is -2.18. The quantitative estimate of drug-likeness (QED) is 0.873. The van der Waals surface area contributed by atoms with Gasteiger partial charge < -0.3 is 5.32 Å². The van der Waals surface area contributed by atoms with E-state index in [9.17, 15) is 4.79 Å². The van der Waals surface area contributed by atoms with Gasteiger partial charge in [0.1, 0.15) is 5.82 Å². The van der Waals surface area contributed by atoms with Crippen LogP contribution in [0.25, 0.3) is 0 Å². The summed E-state index contributed by atoms with van der Waals surface area (Å²) in [4.78, 5) is 13.6. The van der Waals surface area contributed by atoms with Crippen LogP contribution >= 0.6 is 11.3 Å². The number of nitrogens with one attached hydrogen (secondary N) is 2. The molecule has 4 nitrogen and oxygen atoms in total. The Hall–Kier alpha value is -1.62. The molecule has 0 aromatic carbocycles. The molecule has 0 saturated heterocycles. The average Bonchev–Trinajstić information content (AvgIpc) is 2.97. The predicted octanol–water partition coefficient (Wildman–Crippen LogP) is 2.85. The summed E-state index contributed by atoms with van der Waals surface area (Å²) in [6.45, 7) is 2.27. The Morgan fingerprint density at radius 3 is 3.28 bits per heavy atom. The zero-order valence-electron chi connectivity index (χ0n) is 10.2. The second-order valence-corrected chi connectivity index (χ2v) is 5.79. The Morgan fingerprint density at radius 1 is 1.61 bits per heavy atom. The number of hydrogen-bond donors (Lipinski definition) is 2. The van der Waals surface area contributed by atoms with Crippen molar-refractivity contribution in [2.45, 2.75) is 26.2 Å². The molecule has 0 bridgehead atoms. The van der Waals surface area contributed by atoms with E-state index < -0.39 is 0 Å². The van der Waals surface area contributed by atoms with Crippen LogP contribution in [0.4, 0.5) is 5.82 Å². The number of H-pyrrole nitrogens is 1. The number of carbonyl (C=O) groups is 1. The van der Waals surface area contributed by atoms with E-state index in [-0.39, 0.29) is 5.91 Å². The molecule has 0 saturated carbocycles. The van der Waals surface area contributed by atoms with Crippen LogP contribution in [0.2, 0.25) is 0 Å². The number of carbonyl (C=O) groups excluding carboxylic acids is 1. The number of thiophene rings is 1. The van der Waals surface area contributed by atoms with Gasteiger partial charge in [0.05, 0.1) is 11.8 Å². The highest BCUT2D eigenvalue weighted by atomic mass is 32.1. The maximum Gasteiger partial charge on any atom is 0.257 e. The summed E-state index contributed by atoms with van der Waals surface area (Å²) in [5.74, 6) is 1.34. The first-order valence-electron chi connectivity index (χ1n) is 6.14. The van der Waals surface area contributed by atoms with Gasteiger partial charge in [0.2, 0.25) is 0 Å². The molecule has 0 spiro atoms. The van der Waals surface area contributed by atoms with Gasteiger partial charge in [-0.05, 0) is 30.7 Å². The zero-order valence-corrected chi connectivity index (χ0v) is 11.0. The first-order valence-corrected chi connectivity index (χ1v) is 7.02. The fourth-order valence-electron chi connectivity index (χ4n) is 2.38. The maximum absolute atomic E-state index is 12.2. The van der Waals surface area contributed by atoms with E-state index in [4.69, 9.17) is 0 Å². The summed E-state index contributed by atoms with van der Waals surface area (Å²) in [6.07, 6.45) is 4.93. The molecule has 0 aliphatic heterocycles. The van der Waals surface area contributed by atoms with E-state index in [1.165, 1.54) is 16.9 Å².